The minimum Gasteiger partial charge on any atom is -0.375 e. The van der Waals surface area contributed by atoms with Crippen molar-refractivity contribution in [1.29, 1.82) is 0 Å². The van der Waals surface area contributed by atoms with Crippen LogP contribution in [0.25, 0.3) is 0 Å². The van der Waals surface area contributed by atoms with E-state index in [0.717, 1.165) is 25.1 Å². The lowest BCUT2D eigenvalue weighted by Gasteiger charge is -2.35. The fourth-order valence-corrected chi connectivity index (χ4v) is 2.41. The number of rotatable bonds is 3. The molecule has 2 nitrogen and oxygen atoms in total. The molecule has 0 N–H and O–H groups in total. The van der Waals surface area contributed by atoms with E-state index in [-0.39, 0.29) is 11.9 Å². The van der Waals surface area contributed by atoms with Gasteiger partial charge in [-0.15, -0.1) is 11.6 Å². The zero-order valence-electron chi connectivity index (χ0n) is 9.96. The molecule has 1 fully saturated rings. The highest BCUT2D eigenvalue weighted by Gasteiger charge is 2.23. The molecule has 1 aliphatic heterocycles. The van der Waals surface area contributed by atoms with Crippen LogP contribution in [0.4, 0.5) is 10.1 Å². The van der Waals surface area contributed by atoms with Gasteiger partial charge in [0.05, 0.1) is 18.4 Å². The standard InChI is InChI=1S/C13H17ClFNO/c1-2-11-9-16(6-7-17-11)13-10(8-14)4-3-5-12(13)15/h3-5,11H,2,6-9H2,1H3. The number of alkyl halides is 1. The van der Waals surface area contributed by atoms with E-state index in [1.807, 2.05) is 11.0 Å². The molecule has 0 radical (unpaired) electrons. The predicted octanol–water partition coefficient (Wildman–Crippen LogP) is 3.18. The quantitative estimate of drug-likeness (QED) is 0.771. The Bertz CT molecular complexity index is 386. The molecule has 1 heterocycles. The van der Waals surface area contributed by atoms with Crippen molar-refractivity contribution < 1.29 is 9.13 Å². The molecule has 1 aromatic carbocycles. The first-order valence-corrected chi connectivity index (χ1v) is 6.49. The number of halogens is 2. The van der Waals surface area contributed by atoms with Gasteiger partial charge in [0.1, 0.15) is 5.82 Å². The molecule has 1 unspecified atom stereocenters. The molecule has 4 heteroatoms. The highest BCUT2D eigenvalue weighted by molar-refractivity contribution is 6.17. The third-order valence-corrected chi connectivity index (χ3v) is 3.41. The normalized spacial score (nSPS) is 20.6. The van der Waals surface area contributed by atoms with E-state index in [0.29, 0.717) is 18.2 Å². The second-order valence-corrected chi connectivity index (χ2v) is 4.50. The van der Waals surface area contributed by atoms with E-state index in [4.69, 9.17) is 16.3 Å². The van der Waals surface area contributed by atoms with Gasteiger partial charge in [-0.1, -0.05) is 19.1 Å². The van der Waals surface area contributed by atoms with Crippen LogP contribution in [0.15, 0.2) is 18.2 Å². The van der Waals surface area contributed by atoms with E-state index in [1.54, 1.807) is 6.07 Å². The molecule has 0 spiro atoms. The maximum atomic E-state index is 13.9. The van der Waals surface area contributed by atoms with Gasteiger partial charge >= 0.3 is 0 Å². The molecule has 2 rings (SSSR count). The summed E-state index contributed by atoms with van der Waals surface area (Å²) in [5.74, 6) is 0.140. The van der Waals surface area contributed by atoms with Crippen LogP contribution >= 0.6 is 11.6 Å². The number of benzene rings is 1. The summed E-state index contributed by atoms with van der Waals surface area (Å²) in [6.07, 6.45) is 1.13. The van der Waals surface area contributed by atoms with Crippen molar-refractivity contribution >= 4 is 17.3 Å². The van der Waals surface area contributed by atoms with Crippen molar-refractivity contribution in [1.82, 2.24) is 0 Å². The van der Waals surface area contributed by atoms with Gasteiger partial charge in [-0.05, 0) is 18.1 Å². The first kappa shape index (κ1) is 12.7. The molecule has 1 aromatic rings. The average Bonchev–Trinajstić information content (AvgIpc) is 2.38. The van der Waals surface area contributed by atoms with Crippen LogP contribution in [0.3, 0.4) is 0 Å². The summed E-state index contributed by atoms with van der Waals surface area (Å²) in [5.41, 5.74) is 1.49. The molecular weight excluding hydrogens is 241 g/mol. The van der Waals surface area contributed by atoms with Gasteiger partial charge in [0.15, 0.2) is 0 Å². The van der Waals surface area contributed by atoms with Crippen molar-refractivity contribution in [3.63, 3.8) is 0 Å². The van der Waals surface area contributed by atoms with E-state index < -0.39 is 0 Å². The average molecular weight is 258 g/mol. The minimum atomic E-state index is -0.195. The second kappa shape index (κ2) is 5.69. The third-order valence-electron chi connectivity index (χ3n) is 3.12. The Labute approximate surface area is 106 Å². The van der Waals surface area contributed by atoms with E-state index in [9.17, 15) is 4.39 Å². The Balaban J connectivity index is 2.26. The number of nitrogens with zero attached hydrogens (tertiary/aromatic N) is 1. The number of ether oxygens (including phenoxy) is 1. The van der Waals surface area contributed by atoms with Crippen LogP contribution in [-0.2, 0) is 10.6 Å². The molecular formula is C13H17ClFNO. The van der Waals surface area contributed by atoms with Crippen molar-refractivity contribution in [2.45, 2.75) is 25.3 Å². The number of hydrogen-bond acceptors (Lipinski definition) is 2. The van der Waals surface area contributed by atoms with Gasteiger partial charge < -0.3 is 9.64 Å². The summed E-state index contributed by atoms with van der Waals surface area (Å²) in [7, 11) is 0. The first-order chi connectivity index (χ1) is 8.26. The lowest BCUT2D eigenvalue weighted by molar-refractivity contribution is 0.0382. The Morgan fingerprint density at radius 2 is 2.35 bits per heavy atom. The van der Waals surface area contributed by atoms with Crippen molar-refractivity contribution in [3.05, 3.63) is 29.6 Å². The first-order valence-electron chi connectivity index (χ1n) is 5.96. The number of hydrogen-bond donors (Lipinski definition) is 0. The molecule has 1 saturated heterocycles. The summed E-state index contributed by atoms with van der Waals surface area (Å²) in [6.45, 7) is 4.19. The van der Waals surface area contributed by atoms with Crippen molar-refractivity contribution in [2.75, 3.05) is 24.6 Å². The van der Waals surface area contributed by atoms with Crippen molar-refractivity contribution in [2.24, 2.45) is 0 Å². The van der Waals surface area contributed by atoms with E-state index in [1.165, 1.54) is 6.07 Å². The van der Waals surface area contributed by atoms with Crippen molar-refractivity contribution in [3.8, 4) is 0 Å². The summed E-state index contributed by atoms with van der Waals surface area (Å²) >= 11 is 5.87. The number of anilines is 1. The number of morpholine rings is 1. The van der Waals surface area contributed by atoms with Crippen LogP contribution in [0.5, 0.6) is 0 Å². The number of para-hydroxylation sites is 1. The Morgan fingerprint density at radius 3 is 3.06 bits per heavy atom. The van der Waals surface area contributed by atoms with Gasteiger partial charge in [0.2, 0.25) is 0 Å². The summed E-state index contributed by atoms with van der Waals surface area (Å²) in [6, 6.07) is 5.07. The van der Waals surface area contributed by atoms with Crippen LogP contribution in [-0.4, -0.2) is 25.8 Å². The van der Waals surface area contributed by atoms with Gasteiger partial charge in [0, 0.05) is 19.0 Å². The SMILES string of the molecule is CCC1CN(c2c(F)cccc2CCl)CCO1. The lowest BCUT2D eigenvalue weighted by atomic mass is 10.1. The fraction of sp³-hybridized carbons (Fsp3) is 0.538. The zero-order valence-corrected chi connectivity index (χ0v) is 10.7. The topological polar surface area (TPSA) is 12.5 Å². The Hall–Kier alpha value is -0.800. The Morgan fingerprint density at radius 1 is 1.53 bits per heavy atom. The van der Waals surface area contributed by atoms with E-state index in [2.05, 4.69) is 6.92 Å². The van der Waals surface area contributed by atoms with Crippen LogP contribution < -0.4 is 4.90 Å². The molecule has 94 valence electrons. The largest absolute Gasteiger partial charge is 0.375 e. The second-order valence-electron chi connectivity index (χ2n) is 4.23. The zero-order chi connectivity index (χ0) is 12.3. The molecule has 1 aliphatic rings. The fourth-order valence-electron chi connectivity index (χ4n) is 2.19. The maximum absolute atomic E-state index is 13.9. The third kappa shape index (κ3) is 2.72. The summed E-state index contributed by atoms with van der Waals surface area (Å²) < 4.78 is 19.5. The van der Waals surface area contributed by atoms with Gasteiger partial charge in [-0.2, -0.15) is 0 Å². The summed E-state index contributed by atoms with van der Waals surface area (Å²) in [4.78, 5) is 2.05. The lowest BCUT2D eigenvalue weighted by Crippen LogP contribution is -2.43. The van der Waals surface area contributed by atoms with Crippen LogP contribution in [0.1, 0.15) is 18.9 Å². The highest BCUT2D eigenvalue weighted by atomic mass is 35.5. The molecule has 0 aliphatic carbocycles. The molecule has 0 amide bonds. The molecule has 17 heavy (non-hydrogen) atoms. The monoisotopic (exact) mass is 257 g/mol. The smallest absolute Gasteiger partial charge is 0.146 e. The summed E-state index contributed by atoms with van der Waals surface area (Å²) in [5, 5.41) is 0. The maximum Gasteiger partial charge on any atom is 0.146 e. The molecule has 0 aromatic heterocycles. The minimum absolute atomic E-state index is 0.187. The van der Waals surface area contributed by atoms with E-state index >= 15 is 0 Å². The molecule has 0 bridgehead atoms. The van der Waals surface area contributed by atoms with Gasteiger partial charge in [-0.3, -0.25) is 0 Å². The van der Waals surface area contributed by atoms with Gasteiger partial charge in [-0.25, -0.2) is 4.39 Å². The van der Waals surface area contributed by atoms with Crippen LogP contribution in [0, 0.1) is 5.82 Å². The Kier molecular flexibility index (Phi) is 4.24. The van der Waals surface area contributed by atoms with Crippen LogP contribution in [0.2, 0.25) is 0 Å². The predicted molar refractivity (Wildman–Crippen MR) is 68.2 cm³/mol. The van der Waals surface area contributed by atoms with Gasteiger partial charge in [0.25, 0.3) is 0 Å². The molecule has 1 atom stereocenters. The molecule has 0 saturated carbocycles. The highest BCUT2D eigenvalue weighted by Crippen LogP contribution is 2.27.